The molecule has 1 radical (unpaired) electrons. The van der Waals surface area contributed by atoms with Gasteiger partial charge in [-0.3, -0.25) is 0 Å². The second-order valence-electron chi connectivity index (χ2n) is 3.06. The van der Waals surface area contributed by atoms with Crippen LogP contribution in [0.3, 0.4) is 0 Å². The van der Waals surface area contributed by atoms with Crippen LogP contribution in [0.1, 0.15) is 17.5 Å². The van der Waals surface area contributed by atoms with Crippen molar-refractivity contribution < 1.29 is 8.78 Å². The third kappa shape index (κ3) is 1.22. The highest BCUT2D eigenvalue weighted by Gasteiger charge is 2.14. The zero-order valence-electron chi connectivity index (χ0n) is 6.61. The summed E-state index contributed by atoms with van der Waals surface area (Å²) < 4.78 is 25.8. The van der Waals surface area contributed by atoms with Crippen LogP contribution in [0.25, 0.3) is 0 Å². The molecule has 0 N–H and O–H groups in total. The summed E-state index contributed by atoms with van der Waals surface area (Å²) in [5.41, 5.74) is 1.50. The van der Waals surface area contributed by atoms with Crippen LogP contribution in [-0.4, -0.2) is 0 Å². The van der Waals surface area contributed by atoms with E-state index in [2.05, 4.69) is 6.42 Å². The summed E-state index contributed by atoms with van der Waals surface area (Å²) >= 11 is 0. The van der Waals surface area contributed by atoms with Crippen LogP contribution in [-0.2, 0) is 12.8 Å². The average molecular weight is 167 g/mol. The minimum Gasteiger partial charge on any atom is -0.207 e. The molecule has 0 bridgehead atoms. The smallest absolute Gasteiger partial charge is 0.129 e. The number of rotatable bonds is 0. The van der Waals surface area contributed by atoms with Crippen molar-refractivity contribution in [1.29, 1.82) is 0 Å². The van der Waals surface area contributed by atoms with Crippen LogP contribution in [0.5, 0.6) is 0 Å². The van der Waals surface area contributed by atoms with Gasteiger partial charge in [-0.05, 0) is 42.9 Å². The molecule has 0 spiro atoms. The largest absolute Gasteiger partial charge is 0.207 e. The van der Waals surface area contributed by atoms with Crippen molar-refractivity contribution in [3.05, 3.63) is 41.3 Å². The van der Waals surface area contributed by atoms with Gasteiger partial charge in [0.1, 0.15) is 11.6 Å². The Hall–Kier alpha value is -0.920. The van der Waals surface area contributed by atoms with E-state index in [0.717, 1.165) is 18.1 Å². The first-order valence-corrected chi connectivity index (χ1v) is 4.06. The van der Waals surface area contributed by atoms with Crippen molar-refractivity contribution >= 4 is 0 Å². The molecule has 1 aliphatic rings. The summed E-state index contributed by atoms with van der Waals surface area (Å²) in [4.78, 5) is 0. The average Bonchev–Trinajstić information content (AvgIpc) is 2.04. The summed E-state index contributed by atoms with van der Waals surface area (Å²) in [6.45, 7) is 0. The highest BCUT2D eigenvalue weighted by atomic mass is 19.1. The predicted molar refractivity (Wildman–Crippen MR) is 42.7 cm³/mol. The first kappa shape index (κ1) is 7.71. The van der Waals surface area contributed by atoms with Gasteiger partial charge in [0.2, 0.25) is 0 Å². The summed E-state index contributed by atoms with van der Waals surface area (Å²) in [5.74, 6) is -0.861. The molecule has 0 unspecified atom stereocenters. The monoisotopic (exact) mass is 167 g/mol. The Kier molecular flexibility index (Phi) is 1.83. The maximum absolute atomic E-state index is 13.1. The molecule has 0 amide bonds. The van der Waals surface area contributed by atoms with E-state index in [1.807, 2.05) is 0 Å². The third-order valence-electron chi connectivity index (χ3n) is 2.22. The lowest BCUT2D eigenvalue weighted by molar-refractivity contribution is 0.561. The van der Waals surface area contributed by atoms with Crippen LogP contribution in [0.15, 0.2) is 12.1 Å². The molecule has 0 aliphatic heterocycles. The highest BCUT2D eigenvalue weighted by Crippen LogP contribution is 2.23. The van der Waals surface area contributed by atoms with E-state index in [1.54, 1.807) is 0 Å². The molecule has 0 atom stereocenters. The van der Waals surface area contributed by atoms with Gasteiger partial charge in [-0.1, -0.05) is 0 Å². The lowest BCUT2D eigenvalue weighted by Gasteiger charge is -2.15. The molecule has 0 nitrogen and oxygen atoms in total. The number of fused-ring (bicyclic) bond motifs is 1. The van der Waals surface area contributed by atoms with Crippen LogP contribution >= 0.6 is 0 Å². The minimum atomic E-state index is -0.471. The van der Waals surface area contributed by atoms with Gasteiger partial charge >= 0.3 is 0 Å². The molecule has 0 saturated heterocycles. The topological polar surface area (TPSA) is 0 Å². The van der Waals surface area contributed by atoms with Crippen LogP contribution in [0.4, 0.5) is 8.78 Å². The van der Waals surface area contributed by atoms with E-state index in [0.29, 0.717) is 18.4 Å². The fourth-order valence-corrected chi connectivity index (χ4v) is 1.62. The van der Waals surface area contributed by atoms with Gasteiger partial charge in [-0.25, -0.2) is 8.78 Å². The SMILES string of the molecule is Fc1cc(F)c2c(c1)C[CH]CC2. The first-order valence-electron chi connectivity index (χ1n) is 4.06. The molecule has 2 rings (SSSR count). The molecule has 0 aromatic heterocycles. The van der Waals surface area contributed by atoms with E-state index < -0.39 is 11.6 Å². The molecule has 0 fully saturated rings. The summed E-state index contributed by atoms with van der Waals surface area (Å²) in [6.07, 6.45) is 4.36. The number of halogens is 2. The van der Waals surface area contributed by atoms with Crippen molar-refractivity contribution in [2.24, 2.45) is 0 Å². The Morgan fingerprint density at radius 2 is 2.00 bits per heavy atom. The van der Waals surface area contributed by atoms with Crippen LogP contribution < -0.4 is 0 Å². The number of hydrogen-bond acceptors (Lipinski definition) is 0. The molecule has 0 heterocycles. The lowest BCUT2D eigenvalue weighted by atomic mass is 9.91. The normalized spacial score (nSPS) is 15.8. The van der Waals surface area contributed by atoms with Crippen molar-refractivity contribution in [3.63, 3.8) is 0 Å². The standard InChI is InChI=1S/C10H9F2/c11-8-5-7-3-1-2-4-9(7)10(12)6-8/h1,5-6H,2-4H2. The molecular formula is C10H9F2. The molecule has 0 saturated carbocycles. The highest BCUT2D eigenvalue weighted by molar-refractivity contribution is 5.33. The lowest BCUT2D eigenvalue weighted by Crippen LogP contribution is -2.06. The molecule has 1 aromatic rings. The molecule has 12 heavy (non-hydrogen) atoms. The third-order valence-corrected chi connectivity index (χ3v) is 2.22. The maximum atomic E-state index is 13.1. The Balaban J connectivity index is 2.53. The Bertz CT molecular complexity index is 305. The summed E-state index contributed by atoms with van der Waals surface area (Å²) in [5, 5.41) is 0. The molecule has 1 aliphatic carbocycles. The van der Waals surface area contributed by atoms with E-state index in [4.69, 9.17) is 0 Å². The fourth-order valence-electron chi connectivity index (χ4n) is 1.62. The van der Waals surface area contributed by atoms with Gasteiger partial charge in [-0.2, -0.15) is 0 Å². The predicted octanol–water partition coefficient (Wildman–Crippen LogP) is 2.66. The van der Waals surface area contributed by atoms with E-state index in [-0.39, 0.29) is 0 Å². The first-order chi connectivity index (χ1) is 5.77. The summed E-state index contributed by atoms with van der Waals surface area (Å²) in [7, 11) is 0. The van der Waals surface area contributed by atoms with E-state index in [9.17, 15) is 8.78 Å². The Labute approximate surface area is 70.2 Å². The van der Waals surface area contributed by atoms with Gasteiger partial charge in [0.15, 0.2) is 0 Å². The quantitative estimate of drug-likeness (QED) is 0.557. The van der Waals surface area contributed by atoms with Crippen LogP contribution in [0, 0.1) is 18.1 Å². The van der Waals surface area contributed by atoms with E-state index >= 15 is 0 Å². The van der Waals surface area contributed by atoms with Crippen molar-refractivity contribution in [3.8, 4) is 0 Å². The minimum absolute atomic E-state index is 0.391. The van der Waals surface area contributed by atoms with Gasteiger partial charge in [0.25, 0.3) is 0 Å². The fraction of sp³-hybridized carbons (Fsp3) is 0.300. The number of benzene rings is 1. The second kappa shape index (κ2) is 2.85. The van der Waals surface area contributed by atoms with Gasteiger partial charge in [-0.15, -0.1) is 0 Å². The van der Waals surface area contributed by atoms with Crippen molar-refractivity contribution in [2.45, 2.75) is 19.3 Å². The Morgan fingerprint density at radius 1 is 1.17 bits per heavy atom. The molecule has 2 heteroatoms. The van der Waals surface area contributed by atoms with Gasteiger partial charge < -0.3 is 0 Å². The van der Waals surface area contributed by atoms with Crippen LogP contribution in [0.2, 0.25) is 0 Å². The molecule has 63 valence electrons. The molecular weight excluding hydrogens is 158 g/mol. The zero-order valence-corrected chi connectivity index (χ0v) is 6.61. The Morgan fingerprint density at radius 3 is 2.83 bits per heavy atom. The van der Waals surface area contributed by atoms with Crippen molar-refractivity contribution in [2.75, 3.05) is 0 Å². The summed E-state index contributed by atoms with van der Waals surface area (Å²) in [6, 6.07) is 2.39. The maximum Gasteiger partial charge on any atom is 0.129 e. The second-order valence-corrected chi connectivity index (χ2v) is 3.06. The molecule has 1 aromatic carbocycles. The zero-order chi connectivity index (χ0) is 8.55. The van der Waals surface area contributed by atoms with Crippen molar-refractivity contribution in [1.82, 2.24) is 0 Å². The van der Waals surface area contributed by atoms with Gasteiger partial charge in [0.05, 0.1) is 0 Å². The van der Waals surface area contributed by atoms with E-state index in [1.165, 1.54) is 6.07 Å². The number of hydrogen-bond donors (Lipinski definition) is 0. The van der Waals surface area contributed by atoms with Gasteiger partial charge in [0, 0.05) is 6.07 Å².